The van der Waals surface area contributed by atoms with Crippen LogP contribution in [0.15, 0.2) is 53.0 Å². The van der Waals surface area contributed by atoms with E-state index in [-0.39, 0.29) is 11.3 Å². The van der Waals surface area contributed by atoms with E-state index in [0.717, 1.165) is 10.5 Å². The van der Waals surface area contributed by atoms with Gasteiger partial charge in [0.2, 0.25) is 0 Å². The molecule has 20 heavy (non-hydrogen) atoms. The van der Waals surface area contributed by atoms with E-state index in [1.807, 2.05) is 6.07 Å². The minimum atomic E-state index is -1.15. The van der Waals surface area contributed by atoms with E-state index in [1.165, 1.54) is 18.2 Å². The molecule has 2 aromatic carbocycles. The summed E-state index contributed by atoms with van der Waals surface area (Å²) in [6, 6.07) is 11.4. The summed E-state index contributed by atoms with van der Waals surface area (Å²) in [7, 11) is 0. The Kier molecular flexibility index (Phi) is 4.53. The van der Waals surface area contributed by atoms with Crippen molar-refractivity contribution in [1.29, 1.82) is 0 Å². The van der Waals surface area contributed by atoms with Gasteiger partial charge >= 0.3 is 5.97 Å². The van der Waals surface area contributed by atoms with Gasteiger partial charge in [0.1, 0.15) is 17.3 Å². The lowest BCUT2D eigenvalue weighted by atomic mass is 10.1. The molecule has 0 heterocycles. The van der Waals surface area contributed by atoms with Crippen LogP contribution in [-0.2, 0) is 4.79 Å². The first-order valence-electron chi connectivity index (χ1n) is 5.69. The third-order valence-electron chi connectivity index (χ3n) is 2.43. The predicted octanol–water partition coefficient (Wildman–Crippen LogP) is 4.48. The molecule has 0 saturated carbocycles. The smallest absolute Gasteiger partial charge is 0.328 e. The average Bonchev–Trinajstić information content (AvgIpc) is 2.38. The number of carbonyl (C=O) groups is 1. The molecule has 0 aromatic heterocycles. The Bertz CT molecular complexity index is 668. The number of aliphatic carboxylic acids is 1. The zero-order valence-corrected chi connectivity index (χ0v) is 11.8. The summed E-state index contributed by atoms with van der Waals surface area (Å²) in [5, 5.41) is 8.63. The Labute approximate surface area is 123 Å². The molecule has 3 nitrogen and oxygen atoms in total. The van der Waals surface area contributed by atoms with E-state index in [2.05, 4.69) is 15.9 Å². The maximum atomic E-state index is 13.7. The molecule has 0 atom stereocenters. The molecule has 0 aliphatic heterocycles. The van der Waals surface area contributed by atoms with Gasteiger partial charge in [-0.2, -0.15) is 0 Å². The fourth-order valence-electron chi connectivity index (χ4n) is 1.58. The number of halogens is 2. The van der Waals surface area contributed by atoms with Gasteiger partial charge in [0.15, 0.2) is 0 Å². The van der Waals surface area contributed by atoms with E-state index in [9.17, 15) is 9.18 Å². The van der Waals surface area contributed by atoms with Crippen LogP contribution in [0.2, 0.25) is 0 Å². The van der Waals surface area contributed by atoms with Crippen molar-refractivity contribution in [2.45, 2.75) is 0 Å². The van der Waals surface area contributed by atoms with Crippen molar-refractivity contribution >= 4 is 28.0 Å². The van der Waals surface area contributed by atoms with Gasteiger partial charge in [0, 0.05) is 10.5 Å². The predicted molar refractivity (Wildman–Crippen MR) is 77.3 cm³/mol. The zero-order valence-electron chi connectivity index (χ0n) is 10.2. The monoisotopic (exact) mass is 336 g/mol. The van der Waals surface area contributed by atoms with Crippen LogP contribution in [0.3, 0.4) is 0 Å². The second-order valence-corrected chi connectivity index (χ2v) is 4.80. The van der Waals surface area contributed by atoms with Gasteiger partial charge in [-0.1, -0.05) is 28.1 Å². The van der Waals surface area contributed by atoms with Crippen molar-refractivity contribution in [3.8, 4) is 11.5 Å². The molecule has 2 rings (SSSR count). The SMILES string of the molecule is O=C(O)/C=C/c1c(F)cccc1Oc1cccc(Br)c1. The van der Waals surface area contributed by atoms with Crippen molar-refractivity contribution in [3.05, 3.63) is 64.4 Å². The number of hydrogen-bond donors (Lipinski definition) is 1. The number of hydrogen-bond acceptors (Lipinski definition) is 2. The van der Waals surface area contributed by atoms with Crippen LogP contribution in [-0.4, -0.2) is 11.1 Å². The quantitative estimate of drug-likeness (QED) is 0.837. The number of carboxylic acid groups (broad SMARTS) is 1. The van der Waals surface area contributed by atoms with Crippen LogP contribution in [0.4, 0.5) is 4.39 Å². The fourth-order valence-corrected chi connectivity index (χ4v) is 1.96. The van der Waals surface area contributed by atoms with Gasteiger partial charge in [0.05, 0.1) is 5.56 Å². The van der Waals surface area contributed by atoms with Crippen molar-refractivity contribution in [2.24, 2.45) is 0 Å². The second-order valence-electron chi connectivity index (χ2n) is 3.88. The van der Waals surface area contributed by atoms with Crippen molar-refractivity contribution < 1.29 is 19.0 Å². The summed E-state index contributed by atoms with van der Waals surface area (Å²) >= 11 is 3.31. The fraction of sp³-hybridized carbons (Fsp3) is 0. The molecule has 0 spiro atoms. The van der Waals surface area contributed by atoms with Crippen LogP contribution in [0.5, 0.6) is 11.5 Å². The summed E-state index contributed by atoms with van der Waals surface area (Å²) < 4.78 is 20.2. The Morgan fingerprint density at radius 3 is 2.70 bits per heavy atom. The first-order valence-corrected chi connectivity index (χ1v) is 6.48. The molecule has 1 N–H and O–H groups in total. The van der Waals surface area contributed by atoms with Gasteiger partial charge in [0.25, 0.3) is 0 Å². The van der Waals surface area contributed by atoms with E-state index in [1.54, 1.807) is 24.3 Å². The Balaban J connectivity index is 2.36. The maximum absolute atomic E-state index is 13.7. The normalized spacial score (nSPS) is 10.7. The van der Waals surface area contributed by atoms with Crippen LogP contribution in [0.1, 0.15) is 5.56 Å². The highest BCUT2D eigenvalue weighted by molar-refractivity contribution is 9.10. The standard InChI is InChI=1S/C15H10BrFO3/c16-10-3-1-4-11(9-10)20-14-6-2-5-13(17)12(14)7-8-15(18)19/h1-9H,(H,18,19)/b8-7+. The largest absolute Gasteiger partial charge is 0.478 e. The molecule has 0 unspecified atom stereocenters. The Hall–Kier alpha value is -2.14. The molecule has 0 fully saturated rings. The molecule has 5 heteroatoms. The molecule has 0 saturated heterocycles. The highest BCUT2D eigenvalue weighted by Gasteiger charge is 2.08. The van der Waals surface area contributed by atoms with Crippen LogP contribution >= 0.6 is 15.9 Å². The number of benzene rings is 2. The lowest BCUT2D eigenvalue weighted by molar-refractivity contribution is -0.131. The molecule has 0 amide bonds. The molecule has 0 aliphatic rings. The van der Waals surface area contributed by atoms with E-state index < -0.39 is 11.8 Å². The van der Waals surface area contributed by atoms with E-state index in [0.29, 0.717) is 5.75 Å². The molecular weight excluding hydrogens is 327 g/mol. The first-order chi connectivity index (χ1) is 9.56. The van der Waals surface area contributed by atoms with Crippen molar-refractivity contribution in [1.82, 2.24) is 0 Å². The van der Waals surface area contributed by atoms with Gasteiger partial charge in [-0.05, 0) is 36.4 Å². The van der Waals surface area contributed by atoms with E-state index in [4.69, 9.17) is 9.84 Å². The number of rotatable bonds is 4. The molecule has 0 radical (unpaired) electrons. The molecule has 0 aliphatic carbocycles. The molecule has 2 aromatic rings. The lowest BCUT2D eigenvalue weighted by Crippen LogP contribution is -1.92. The summed E-state index contributed by atoms with van der Waals surface area (Å²) in [6.45, 7) is 0. The number of carboxylic acids is 1. The zero-order chi connectivity index (χ0) is 14.5. The Morgan fingerprint density at radius 1 is 1.25 bits per heavy atom. The van der Waals surface area contributed by atoms with Crippen LogP contribution in [0, 0.1) is 5.82 Å². The third-order valence-corrected chi connectivity index (χ3v) is 2.92. The topological polar surface area (TPSA) is 46.5 Å². The van der Waals surface area contributed by atoms with Crippen LogP contribution in [0.25, 0.3) is 6.08 Å². The molecular formula is C15H10BrFO3. The highest BCUT2D eigenvalue weighted by Crippen LogP contribution is 2.29. The van der Waals surface area contributed by atoms with Gasteiger partial charge < -0.3 is 9.84 Å². The summed E-state index contributed by atoms with van der Waals surface area (Å²) in [5.74, 6) is -0.924. The highest BCUT2D eigenvalue weighted by atomic mass is 79.9. The summed E-state index contributed by atoms with van der Waals surface area (Å²) in [5.41, 5.74) is 0.0925. The van der Waals surface area contributed by atoms with E-state index >= 15 is 0 Å². The maximum Gasteiger partial charge on any atom is 0.328 e. The second kappa shape index (κ2) is 6.34. The minimum Gasteiger partial charge on any atom is -0.478 e. The van der Waals surface area contributed by atoms with Gasteiger partial charge in [-0.3, -0.25) is 0 Å². The first kappa shape index (κ1) is 14.3. The van der Waals surface area contributed by atoms with Gasteiger partial charge in [-0.15, -0.1) is 0 Å². The summed E-state index contributed by atoms with van der Waals surface area (Å²) in [4.78, 5) is 10.5. The molecule has 0 bridgehead atoms. The minimum absolute atomic E-state index is 0.0925. The third kappa shape index (κ3) is 3.68. The van der Waals surface area contributed by atoms with Crippen LogP contribution < -0.4 is 4.74 Å². The average molecular weight is 337 g/mol. The number of ether oxygens (including phenoxy) is 1. The lowest BCUT2D eigenvalue weighted by Gasteiger charge is -2.09. The van der Waals surface area contributed by atoms with Gasteiger partial charge in [-0.25, -0.2) is 9.18 Å². The molecule has 102 valence electrons. The Morgan fingerprint density at radius 2 is 2.00 bits per heavy atom. The van der Waals surface area contributed by atoms with Crippen molar-refractivity contribution in [3.63, 3.8) is 0 Å². The summed E-state index contributed by atoms with van der Waals surface area (Å²) in [6.07, 6.45) is 2.04. The van der Waals surface area contributed by atoms with Crippen molar-refractivity contribution in [2.75, 3.05) is 0 Å².